The molecule has 2 rings (SSSR count). The Bertz CT molecular complexity index is 513. The van der Waals surface area contributed by atoms with E-state index in [9.17, 15) is 0 Å². The highest BCUT2D eigenvalue weighted by atomic mass is 79.9. The third-order valence-corrected chi connectivity index (χ3v) is 3.73. The first-order valence-corrected chi connectivity index (χ1v) is 6.84. The van der Waals surface area contributed by atoms with Crippen molar-refractivity contribution in [2.45, 2.75) is 13.5 Å². The lowest BCUT2D eigenvalue weighted by Crippen LogP contribution is -1.99. The average molecular weight is 313 g/mol. The van der Waals surface area contributed by atoms with Crippen LogP contribution in [0.25, 0.3) is 0 Å². The van der Waals surface area contributed by atoms with Gasteiger partial charge < -0.3 is 10.1 Å². The molecule has 0 saturated heterocycles. The molecule has 1 aromatic heterocycles. The van der Waals surface area contributed by atoms with E-state index in [0.717, 1.165) is 33.2 Å². The molecule has 0 unspecified atom stereocenters. The molecule has 0 atom stereocenters. The summed E-state index contributed by atoms with van der Waals surface area (Å²) in [5.74, 6) is 0.833. The number of ether oxygens (including phenoxy) is 1. The zero-order chi connectivity index (χ0) is 12.3. The number of nitrogens with zero attached hydrogens (tertiary/aromatic N) is 1. The Morgan fingerprint density at radius 1 is 1.47 bits per heavy atom. The van der Waals surface area contributed by atoms with Gasteiger partial charge in [0.2, 0.25) is 0 Å². The molecule has 0 aliphatic carbocycles. The molecule has 0 bridgehead atoms. The van der Waals surface area contributed by atoms with Crippen molar-refractivity contribution in [2.24, 2.45) is 0 Å². The third kappa shape index (κ3) is 3.20. The molecule has 1 N–H and O–H groups in total. The van der Waals surface area contributed by atoms with E-state index in [2.05, 4.69) is 31.6 Å². The molecule has 0 aliphatic rings. The number of thiazole rings is 1. The molecule has 0 aliphatic heterocycles. The lowest BCUT2D eigenvalue weighted by Gasteiger charge is -2.07. The Hall–Kier alpha value is -1.07. The van der Waals surface area contributed by atoms with Gasteiger partial charge in [0.25, 0.3) is 0 Å². The van der Waals surface area contributed by atoms with Crippen molar-refractivity contribution >= 4 is 33.0 Å². The molecular weight excluding hydrogens is 300 g/mol. The Morgan fingerprint density at radius 2 is 2.29 bits per heavy atom. The number of benzene rings is 1. The van der Waals surface area contributed by atoms with Gasteiger partial charge in [-0.1, -0.05) is 0 Å². The number of anilines is 1. The lowest BCUT2D eigenvalue weighted by atomic mass is 10.3. The van der Waals surface area contributed by atoms with Crippen LogP contribution in [-0.2, 0) is 6.54 Å². The van der Waals surface area contributed by atoms with Crippen LogP contribution in [0.1, 0.15) is 10.7 Å². The topological polar surface area (TPSA) is 34.1 Å². The molecule has 5 heteroatoms. The Kier molecular flexibility index (Phi) is 4.02. The molecule has 2 aromatic rings. The lowest BCUT2D eigenvalue weighted by molar-refractivity contribution is 0.412. The normalized spacial score (nSPS) is 10.3. The number of hydrogen-bond acceptors (Lipinski definition) is 4. The van der Waals surface area contributed by atoms with E-state index in [0.29, 0.717) is 0 Å². The van der Waals surface area contributed by atoms with Crippen molar-refractivity contribution in [1.29, 1.82) is 0 Å². The van der Waals surface area contributed by atoms with Crippen LogP contribution in [0.2, 0.25) is 0 Å². The minimum absolute atomic E-state index is 0.739. The summed E-state index contributed by atoms with van der Waals surface area (Å²) in [4.78, 5) is 4.40. The van der Waals surface area contributed by atoms with E-state index < -0.39 is 0 Å². The van der Waals surface area contributed by atoms with Gasteiger partial charge in [-0.05, 0) is 41.1 Å². The van der Waals surface area contributed by atoms with Crippen molar-refractivity contribution in [1.82, 2.24) is 4.98 Å². The van der Waals surface area contributed by atoms with Crippen LogP contribution in [0.3, 0.4) is 0 Å². The van der Waals surface area contributed by atoms with Gasteiger partial charge in [-0.25, -0.2) is 4.98 Å². The van der Waals surface area contributed by atoms with Gasteiger partial charge in [-0.15, -0.1) is 11.3 Å². The fourth-order valence-electron chi connectivity index (χ4n) is 1.46. The van der Waals surface area contributed by atoms with Gasteiger partial charge in [0.05, 0.1) is 28.8 Å². The standard InChI is InChI=1S/C12H13BrN2OS/c1-8-15-10(7-17-8)6-14-9-3-4-12(16-2)11(13)5-9/h3-5,7,14H,6H2,1-2H3. The second kappa shape index (κ2) is 5.51. The summed E-state index contributed by atoms with van der Waals surface area (Å²) in [7, 11) is 1.66. The molecule has 0 radical (unpaired) electrons. The van der Waals surface area contributed by atoms with Crippen LogP contribution >= 0.6 is 27.3 Å². The quantitative estimate of drug-likeness (QED) is 0.931. The zero-order valence-electron chi connectivity index (χ0n) is 9.66. The summed E-state index contributed by atoms with van der Waals surface area (Å²) in [5, 5.41) is 6.49. The summed E-state index contributed by atoms with van der Waals surface area (Å²) in [5.41, 5.74) is 2.11. The summed E-state index contributed by atoms with van der Waals surface area (Å²) < 4.78 is 6.12. The molecule has 0 amide bonds. The van der Waals surface area contributed by atoms with Crippen molar-refractivity contribution in [3.05, 3.63) is 38.8 Å². The van der Waals surface area contributed by atoms with Crippen molar-refractivity contribution in [3.63, 3.8) is 0 Å². The van der Waals surface area contributed by atoms with E-state index in [4.69, 9.17) is 4.74 Å². The van der Waals surface area contributed by atoms with Gasteiger partial charge in [0.1, 0.15) is 5.75 Å². The van der Waals surface area contributed by atoms with Crippen molar-refractivity contribution in [2.75, 3.05) is 12.4 Å². The SMILES string of the molecule is COc1ccc(NCc2csc(C)n2)cc1Br. The van der Waals surface area contributed by atoms with Gasteiger partial charge in [-0.2, -0.15) is 0 Å². The zero-order valence-corrected chi connectivity index (χ0v) is 12.1. The van der Waals surface area contributed by atoms with Gasteiger partial charge in [0, 0.05) is 11.1 Å². The fourth-order valence-corrected chi connectivity index (χ4v) is 2.61. The highest BCUT2D eigenvalue weighted by Gasteiger charge is 2.02. The fraction of sp³-hybridized carbons (Fsp3) is 0.250. The first kappa shape index (κ1) is 12.4. The minimum Gasteiger partial charge on any atom is -0.496 e. The number of rotatable bonds is 4. The number of nitrogens with one attached hydrogen (secondary N) is 1. The maximum atomic E-state index is 5.18. The minimum atomic E-state index is 0.739. The van der Waals surface area contributed by atoms with Crippen LogP contribution < -0.4 is 10.1 Å². The van der Waals surface area contributed by atoms with Gasteiger partial charge >= 0.3 is 0 Å². The second-order valence-corrected chi connectivity index (χ2v) is 5.48. The first-order valence-electron chi connectivity index (χ1n) is 5.17. The number of halogens is 1. The molecule has 0 spiro atoms. The van der Waals surface area contributed by atoms with Gasteiger partial charge in [0.15, 0.2) is 0 Å². The number of methoxy groups -OCH3 is 1. The predicted molar refractivity (Wildman–Crippen MR) is 74.9 cm³/mol. The summed E-state index contributed by atoms with van der Waals surface area (Å²) in [6.07, 6.45) is 0. The highest BCUT2D eigenvalue weighted by molar-refractivity contribution is 9.10. The smallest absolute Gasteiger partial charge is 0.133 e. The van der Waals surface area contributed by atoms with Gasteiger partial charge in [-0.3, -0.25) is 0 Å². The molecule has 3 nitrogen and oxygen atoms in total. The molecule has 17 heavy (non-hydrogen) atoms. The van der Waals surface area contributed by atoms with Crippen molar-refractivity contribution in [3.8, 4) is 5.75 Å². The summed E-state index contributed by atoms with van der Waals surface area (Å²) >= 11 is 5.13. The maximum absolute atomic E-state index is 5.18. The number of aromatic nitrogens is 1. The summed E-state index contributed by atoms with van der Waals surface area (Å²) in [6, 6.07) is 5.92. The van der Waals surface area contributed by atoms with Crippen LogP contribution in [0, 0.1) is 6.92 Å². The maximum Gasteiger partial charge on any atom is 0.133 e. The van der Waals surface area contributed by atoms with E-state index in [1.807, 2.05) is 25.1 Å². The average Bonchev–Trinajstić information content (AvgIpc) is 2.73. The van der Waals surface area contributed by atoms with Crippen LogP contribution in [-0.4, -0.2) is 12.1 Å². The summed E-state index contributed by atoms with van der Waals surface area (Å²) in [6.45, 7) is 2.75. The number of hydrogen-bond donors (Lipinski definition) is 1. The molecule has 1 heterocycles. The van der Waals surface area contributed by atoms with Crippen LogP contribution in [0.4, 0.5) is 5.69 Å². The Morgan fingerprint density at radius 3 is 2.88 bits per heavy atom. The molecule has 1 aromatic carbocycles. The molecule has 0 fully saturated rings. The highest BCUT2D eigenvalue weighted by Crippen LogP contribution is 2.27. The first-order chi connectivity index (χ1) is 8.19. The monoisotopic (exact) mass is 312 g/mol. The van der Waals surface area contributed by atoms with E-state index in [-0.39, 0.29) is 0 Å². The predicted octanol–water partition coefficient (Wildman–Crippen LogP) is 3.83. The van der Waals surface area contributed by atoms with E-state index >= 15 is 0 Å². The third-order valence-electron chi connectivity index (χ3n) is 2.29. The number of aryl methyl sites for hydroxylation is 1. The van der Waals surface area contributed by atoms with Crippen molar-refractivity contribution < 1.29 is 4.74 Å². The molecule has 0 saturated carbocycles. The second-order valence-electron chi connectivity index (χ2n) is 3.56. The van der Waals surface area contributed by atoms with Crippen LogP contribution in [0.5, 0.6) is 5.75 Å². The molecule has 90 valence electrons. The largest absolute Gasteiger partial charge is 0.496 e. The van der Waals surface area contributed by atoms with E-state index in [1.165, 1.54) is 0 Å². The molecular formula is C12H13BrN2OS. The van der Waals surface area contributed by atoms with Crippen LogP contribution in [0.15, 0.2) is 28.1 Å². The van der Waals surface area contributed by atoms with E-state index in [1.54, 1.807) is 18.4 Å². The Labute approximate surface area is 113 Å². The Balaban J connectivity index is 2.02.